The minimum atomic E-state index is -0.189. The third-order valence-corrected chi connectivity index (χ3v) is 5.32. The number of para-hydroxylation sites is 1. The van der Waals surface area contributed by atoms with Crippen LogP contribution in [0.25, 0.3) is 22.2 Å². The van der Waals surface area contributed by atoms with Gasteiger partial charge in [0.2, 0.25) is 5.91 Å². The molecule has 0 bridgehead atoms. The fourth-order valence-electron chi connectivity index (χ4n) is 3.59. The minimum absolute atomic E-state index is 0.0184. The third-order valence-electron chi connectivity index (χ3n) is 5.07. The maximum absolute atomic E-state index is 11.5. The minimum Gasteiger partial charge on any atom is -0.371 e. The predicted molar refractivity (Wildman–Crippen MR) is 106 cm³/mol. The average Bonchev–Trinajstić information content (AvgIpc) is 2.68. The molecule has 0 unspecified atom stereocenters. The number of aromatic nitrogens is 1. The first kappa shape index (κ1) is 16.9. The summed E-state index contributed by atoms with van der Waals surface area (Å²) >= 11 is 6.02. The molecule has 1 saturated heterocycles. The quantitative estimate of drug-likeness (QED) is 0.754. The van der Waals surface area contributed by atoms with Crippen molar-refractivity contribution in [2.24, 2.45) is 11.7 Å². The van der Waals surface area contributed by atoms with Gasteiger partial charge < -0.3 is 10.6 Å². The number of amides is 1. The molecule has 1 aliphatic heterocycles. The zero-order valence-corrected chi connectivity index (χ0v) is 15.1. The van der Waals surface area contributed by atoms with Gasteiger partial charge in [-0.25, -0.2) is 4.98 Å². The van der Waals surface area contributed by atoms with Crippen molar-refractivity contribution in [1.82, 2.24) is 4.98 Å². The molecule has 2 heterocycles. The lowest BCUT2D eigenvalue weighted by atomic mass is 9.95. The third kappa shape index (κ3) is 3.25. The molecule has 3 aromatic rings. The van der Waals surface area contributed by atoms with E-state index < -0.39 is 0 Å². The van der Waals surface area contributed by atoms with Gasteiger partial charge >= 0.3 is 0 Å². The zero-order chi connectivity index (χ0) is 18.1. The molecule has 2 N–H and O–H groups in total. The number of carbonyl (C=O) groups is 1. The summed E-state index contributed by atoms with van der Waals surface area (Å²) in [6.07, 6.45) is 1.59. The lowest BCUT2D eigenvalue weighted by Gasteiger charge is -2.33. The monoisotopic (exact) mass is 365 g/mol. The maximum Gasteiger partial charge on any atom is 0.220 e. The molecule has 5 heteroatoms. The van der Waals surface area contributed by atoms with Gasteiger partial charge in [-0.1, -0.05) is 41.9 Å². The lowest BCUT2D eigenvalue weighted by molar-refractivity contribution is -0.122. The van der Waals surface area contributed by atoms with Gasteiger partial charge in [0.05, 0.1) is 11.2 Å². The van der Waals surface area contributed by atoms with E-state index >= 15 is 0 Å². The van der Waals surface area contributed by atoms with Crippen LogP contribution in [0.4, 0.5) is 5.69 Å². The summed E-state index contributed by atoms with van der Waals surface area (Å²) < 4.78 is 0. The fourth-order valence-corrected chi connectivity index (χ4v) is 3.72. The Kier molecular flexibility index (Phi) is 4.51. The number of fused-ring (bicyclic) bond motifs is 1. The highest BCUT2D eigenvalue weighted by molar-refractivity contribution is 6.30. The second-order valence-electron chi connectivity index (χ2n) is 6.71. The molecule has 132 valence electrons. The Morgan fingerprint density at radius 2 is 1.77 bits per heavy atom. The Labute approximate surface area is 157 Å². The van der Waals surface area contributed by atoms with Crippen LogP contribution in [0, 0.1) is 5.92 Å². The summed E-state index contributed by atoms with van der Waals surface area (Å²) in [6, 6.07) is 18.0. The van der Waals surface area contributed by atoms with Crippen LogP contribution in [0.15, 0.2) is 54.6 Å². The van der Waals surface area contributed by atoms with Crippen molar-refractivity contribution >= 4 is 34.1 Å². The van der Waals surface area contributed by atoms with E-state index in [1.807, 2.05) is 42.5 Å². The number of carbonyl (C=O) groups excluding carboxylic acids is 1. The van der Waals surface area contributed by atoms with Gasteiger partial charge in [0.15, 0.2) is 0 Å². The van der Waals surface area contributed by atoms with Crippen molar-refractivity contribution in [3.05, 3.63) is 59.6 Å². The molecule has 0 radical (unpaired) electrons. The van der Waals surface area contributed by atoms with Gasteiger partial charge in [-0.15, -0.1) is 0 Å². The lowest BCUT2D eigenvalue weighted by Crippen LogP contribution is -2.38. The van der Waals surface area contributed by atoms with Crippen LogP contribution in [0.5, 0.6) is 0 Å². The number of pyridine rings is 1. The van der Waals surface area contributed by atoms with Gasteiger partial charge in [0.1, 0.15) is 0 Å². The van der Waals surface area contributed by atoms with E-state index in [1.165, 1.54) is 0 Å². The molecule has 0 aliphatic carbocycles. The largest absolute Gasteiger partial charge is 0.371 e. The summed E-state index contributed by atoms with van der Waals surface area (Å²) in [5.41, 5.74) is 9.56. The van der Waals surface area contributed by atoms with Gasteiger partial charge in [-0.05, 0) is 37.1 Å². The summed E-state index contributed by atoms with van der Waals surface area (Å²) in [7, 11) is 0. The van der Waals surface area contributed by atoms with E-state index in [9.17, 15) is 4.79 Å². The normalized spacial score (nSPS) is 15.3. The van der Waals surface area contributed by atoms with Crippen LogP contribution in [0.2, 0.25) is 5.02 Å². The Morgan fingerprint density at radius 1 is 1.08 bits per heavy atom. The van der Waals surface area contributed by atoms with E-state index in [0.29, 0.717) is 5.02 Å². The highest BCUT2D eigenvalue weighted by Crippen LogP contribution is 2.33. The standard InChI is InChI=1S/C21H20ClN3O/c22-16-7-5-14(6-8-16)19-13-20(17-3-1-2-4-18(17)24-19)25-11-9-15(10-12-25)21(23)26/h1-8,13,15H,9-12H2,(H2,23,26). The van der Waals surface area contributed by atoms with E-state index in [0.717, 1.165) is 53.8 Å². The van der Waals surface area contributed by atoms with Gasteiger partial charge in [-0.3, -0.25) is 4.79 Å². The van der Waals surface area contributed by atoms with Gasteiger partial charge in [0, 0.05) is 40.7 Å². The second kappa shape index (κ2) is 6.96. The highest BCUT2D eigenvalue weighted by atomic mass is 35.5. The number of anilines is 1. The maximum atomic E-state index is 11.5. The molecule has 4 rings (SSSR count). The summed E-state index contributed by atoms with van der Waals surface area (Å²) in [5, 5.41) is 1.84. The smallest absolute Gasteiger partial charge is 0.220 e. The number of hydrogen-bond acceptors (Lipinski definition) is 3. The first-order valence-corrected chi connectivity index (χ1v) is 9.19. The Morgan fingerprint density at radius 3 is 2.46 bits per heavy atom. The number of primary amides is 1. The van der Waals surface area contributed by atoms with E-state index in [1.54, 1.807) is 0 Å². The number of halogens is 1. The van der Waals surface area contributed by atoms with E-state index in [2.05, 4.69) is 17.0 Å². The predicted octanol–water partition coefficient (Wildman–Crippen LogP) is 4.26. The molecule has 1 fully saturated rings. The zero-order valence-electron chi connectivity index (χ0n) is 14.4. The summed E-state index contributed by atoms with van der Waals surface area (Å²) in [4.78, 5) is 18.6. The molecule has 1 aliphatic rings. The molecule has 2 aromatic carbocycles. The first-order valence-electron chi connectivity index (χ1n) is 8.82. The summed E-state index contributed by atoms with van der Waals surface area (Å²) in [5.74, 6) is -0.207. The number of rotatable bonds is 3. The number of hydrogen-bond donors (Lipinski definition) is 1. The average molecular weight is 366 g/mol. The van der Waals surface area contributed by atoms with Crippen molar-refractivity contribution in [3.8, 4) is 11.3 Å². The number of nitrogens with two attached hydrogens (primary N) is 1. The first-order chi connectivity index (χ1) is 12.6. The fraction of sp³-hybridized carbons (Fsp3) is 0.238. The van der Waals surface area contributed by atoms with Gasteiger partial charge in [-0.2, -0.15) is 0 Å². The Hall–Kier alpha value is -2.59. The summed E-state index contributed by atoms with van der Waals surface area (Å²) in [6.45, 7) is 1.64. The Balaban J connectivity index is 1.76. The molecule has 4 nitrogen and oxygen atoms in total. The second-order valence-corrected chi connectivity index (χ2v) is 7.15. The SMILES string of the molecule is NC(=O)C1CCN(c2cc(-c3ccc(Cl)cc3)nc3ccccc23)CC1. The number of piperidine rings is 1. The molecule has 0 spiro atoms. The van der Waals surface area contributed by atoms with Crippen molar-refractivity contribution in [2.45, 2.75) is 12.8 Å². The van der Waals surface area contributed by atoms with Crippen LogP contribution >= 0.6 is 11.6 Å². The van der Waals surface area contributed by atoms with Crippen molar-refractivity contribution in [1.29, 1.82) is 0 Å². The van der Waals surface area contributed by atoms with E-state index in [4.69, 9.17) is 22.3 Å². The number of benzene rings is 2. The van der Waals surface area contributed by atoms with Gasteiger partial charge in [0.25, 0.3) is 0 Å². The molecular formula is C21H20ClN3O. The number of nitrogens with zero attached hydrogens (tertiary/aromatic N) is 2. The van der Waals surface area contributed by atoms with Crippen LogP contribution in [0.3, 0.4) is 0 Å². The molecule has 0 saturated carbocycles. The topological polar surface area (TPSA) is 59.2 Å². The van der Waals surface area contributed by atoms with Crippen molar-refractivity contribution in [3.63, 3.8) is 0 Å². The molecule has 1 aromatic heterocycles. The highest BCUT2D eigenvalue weighted by Gasteiger charge is 2.24. The van der Waals surface area contributed by atoms with Crippen LogP contribution in [-0.2, 0) is 4.79 Å². The Bertz CT molecular complexity index is 947. The molecule has 0 atom stereocenters. The molecular weight excluding hydrogens is 346 g/mol. The van der Waals surface area contributed by atoms with Crippen LogP contribution in [-0.4, -0.2) is 24.0 Å². The van der Waals surface area contributed by atoms with Crippen LogP contribution in [0.1, 0.15) is 12.8 Å². The molecule has 1 amide bonds. The molecule has 26 heavy (non-hydrogen) atoms. The van der Waals surface area contributed by atoms with Crippen molar-refractivity contribution in [2.75, 3.05) is 18.0 Å². The van der Waals surface area contributed by atoms with Crippen molar-refractivity contribution < 1.29 is 4.79 Å². The van der Waals surface area contributed by atoms with E-state index in [-0.39, 0.29) is 11.8 Å². The van der Waals surface area contributed by atoms with Crippen LogP contribution < -0.4 is 10.6 Å².